The van der Waals surface area contributed by atoms with Crippen LogP contribution < -0.4 is 11.1 Å². The Balaban J connectivity index is 1.07. The number of hydrogen-bond donors (Lipinski definition) is 6. The van der Waals surface area contributed by atoms with E-state index in [1.165, 1.54) is 12.8 Å². The third-order valence-electron chi connectivity index (χ3n) is 18.3. The summed E-state index contributed by atoms with van der Waals surface area (Å²) >= 11 is 0. The molecule has 3 heterocycles. The predicted octanol–water partition coefficient (Wildman–Crippen LogP) is 5.59. The summed E-state index contributed by atoms with van der Waals surface area (Å²) in [5.41, 5.74) is 4.50. The van der Waals surface area contributed by atoms with Crippen LogP contribution in [0.15, 0.2) is 34.7 Å². The van der Waals surface area contributed by atoms with Crippen molar-refractivity contribution in [1.82, 2.24) is 5.32 Å². The lowest BCUT2D eigenvalue weighted by atomic mass is 9.40. The van der Waals surface area contributed by atoms with Crippen LogP contribution in [0, 0.1) is 51.8 Å². The fraction of sp³-hybridized carbons (Fsp3) is 0.844. The average molecular weight is 749 g/mol. The third kappa shape index (κ3) is 5.06. The van der Waals surface area contributed by atoms with Gasteiger partial charge in [-0.1, -0.05) is 39.7 Å². The van der Waals surface area contributed by atoms with Gasteiger partial charge in [0.25, 0.3) is 0 Å². The molecule has 6 aliphatic carbocycles. The van der Waals surface area contributed by atoms with Gasteiger partial charge in [-0.15, -0.1) is 0 Å². The molecular weight excluding hydrogens is 681 g/mol. The zero-order chi connectivity index (χ0) is 38.1. The number of carbonyl (C=O) groups is 1. The molecule has 14 unspecified atom stereocenters. The molecule has 6 fully saturated rings. The second kappa shape index (κ2) is 12.9. The Morgan fingerprint density at radius 2 is 1.81 bits per heavy atom. The second-order valence-corrected chi connectivity index (χ2v) is 20.6. The molecule has 0 aromatic carbocycles. The highest BCUT2D eigenvalue weighted by Gasteiger charge is 2.78. The second-order valence-electron chi connectivity index (χ2n) is 20.6. The Morgan fingerprint density at radius 3 is 2.54 bits per heavy atom. The van der Waals surface area contributed by atoms with E-state index in [-0.39, 0.29) is 47.6 Å². The first-order valence-corrected chi connectivity index (χ1v) is 21.9. The van der Waals surface area contributed by atoms with E-state index in [2.05, 4.69) is 25.2 Å². The fourth-order valence-electron chi connectivity index (χ4n) is 15.1. The van der Waals surface area contributed by atoms with E-state index in [0.29, 0.717) is 50.1 Å². The monoisotopic (exact) mass is 749 g/mol. The largest absolute Gasteiger partial charge is 0.396 e. The minimum absolute atomic E-state index is 0.0156. The number of aliphatic hydroxyl groups excluding tert-OH is 2. The normalized spacial score (nSPS) is 48.2. The van der Waals surface area contributed by atoms with Crippen molar-refractivity contribution in [1.29, 1.82) is 0 Å². The summed E-state index contributed by atoms with van der Waals surface area (Å²) in [6.07, 6.45) is 16.8. The lowest BCUT2D eigenvalue weighted by Crippen LogP contribution is -2.66. The van der Waals surface area contributed by atoms with Crippen molar-refractivity contribution in [3.8, 4) is 0 Å². The van der Waals surface area contributed by atoms with Crippen molar-refractivity contribution in [2.75, 3.05) is 19.8 Å². The molecule has 9 aliphatic rings. The number of fused-ring (bicyclic) bond motifs is 2. The zero-order valence-electron chi connectivity index (χ0n) is 33.4. The number of ether oxygens (including phenoxy) is 2. The van der Waals surface area contributed by atoms with Crippen LogP contribution in [0.4, 0.5) is 0 Å². The standard InChI is InChI=1S/C45H68N2O7/c1-26-15-20-53-44(24-26,39-38(54-39)42(4,51)40(2,25-48)16-11-27-14-19-47-35(46)21-27)34-22-29-9-10-31-36-32(13-17-41(34,3)45(29,36)52)43(28-7-5-6-8-28)18-12-30(49)23-33(43)37(31)50/h14,21,26,28-30,32-34,38-39,47-49,51-52H,5-13,15-20,22-25,46H2,1-4H3. The number of aliphatic hydroxyl groups is 4. The summed E-state index contributed by atoms with van der Waals surface area (Å²) in [5.74, 6) is 1.81. The van der Waals surface area contributed by atoms with Crippen molar-refractivity contribution < 1.29 is 34.7 Å². The zero-order valence-corrected chi connectivity index (χ0v) is 33.4. The van der Waals surface area contributed by atoms with Gasteiger partial charge < -0.3 is 41.0 Å². The molecule has 9 nitrogen and oxygen atoms in total. The van der Waals surface area contributed by atoms with Crippen molar-refractivity contribution in [3.05, 3.63) is 34.7 Å². The molecule has 0 aromatic heterocycles. The van der Waals surface area contributed by atoms with Crippen molar-refractivity contribution in [3.63, 3.8) is 0 Å². The number of rotatable bonds is 9. The van der Waals surface area contributed by atoms with E-state index in [0.717, 1.165) is 87.3 Å². The van der Waals surface area contributed by atoms with E-state index in [1.807, 2.05) is 19.9 Å². The molecule has 9 rings (SSSR count). The molecular formula is C45H68N2O7. The van der Waals surface area contributed by atoms with Gasteiger partial charge in [-0.05, 0) is 155 Å². The SMILES string of the molecule is CC1CCOC(C2OC2C(C)(O)C(C)(CO)CCC2=CCNC(N)=C2)(C2CC3CCC4=C5C(CCC2(C)C53O)C2(C3CCCC3)CCC(O)CC2C4=O)C1. The fourth-order valence-corrected chi connectivity index (χ4v) is 15.1. The van der Waals surface area contributed by atoms with Crippen molar-refractivity contribution in [2.24, 2.45) is 57.5 Å². The van der Waals surface area contributed by atoms with E-state index >= 15 is 0 Å². The Labute approximate surface area is 322 Å². The van der Waals surface area contributed by atoms with Crippen LogP contribution in [0.25, 0.3) is 0 Å². The summed E-state index contributed by atoms with van der Waals surface area (Å²) in [5, 5.41) is 51.4. The predicted molar refractivity (Wildman–Crippen MR) is 206 cm³/mol. The van der Waals surface area contributed by atoms with Gasteiger partial charge in [0.1, 0.15) is 17.8 Å². The van der Waals surface area contributed by atoms with Crippen LogP contribution in [0.2, 0.25) is 0 Å². The van der Waals surface area contributed by atoms with Gasteiger partial charge in [-0.3, -0.25) is 4.79 Å². The molecule has 14 atom stereocenters. The van der Waals surface area contributed by atoms with Crippen LogP contribution in [-0.2, 0) is 14.3 Å². The number of dihydropyridines is 1. The number of hydrogen-bond acceptors (Lipinski definition) is 9. The third-order valence-corrected chi connectivity index (χ3v) is 18.3. The Hall–Kier alpha value is -1.75. The summed E-state index contributed by atoms with van der Waals surface area (Å²) in [7, 11) is 0. The lowest BCUT2D eigenvalue weighted by molar-refractivity contribution is -0.201. The van der Waals surface area contributed by atoms with Gasteiger partial charge in [0.15, 0.2) is 5.78 Å². The number of Topliss-reactive ketones (excluding diaryl/α,β-unsaturated/α-hetero) is 1. The number of epoxide rings is 1. The molecule has 0 amide bonds. The highest BCUT2D eigenvalue weighted by atomic mass is 16.6. The Morgan fingerprint density at radius 1 is 1.04 bits per heavy atom. The van der Waals surface area contributed by atoms with E-state index in [9.17, 15) is 25.2 Å². The topological polar surface area (TPSA) is 158 Å². The lowest BCUT2D eigenvalue weighted by Gasteiger charge is -2.65. The maximum Gasteiger partial charge on any atom is 0.162 e. The average Bonchev–Trinajstić information content (AvgIpc) is 3.72. The van der Waals surface area contributed by atoms with Gasteiger partial charge in [0.2, 0.25) is 0 Å². The molecule has 0 bridgehead atoms. The molecule has 0 radical (unpaired) electrons. The Bertz CT molecular complexity index is 1630. The first-order chi connectivity index (χ1) is 25.7. The minimum Gasteiger partial charge on any atom is -0.396 e. The number of ketones is 1. The molecule has 4 saturated carbocycles. The highest BCUT2D eigenvalue weighted by Crippen LogP contribution is 2.76. The molecule has 300 valence electrons. The van der Waals surface area contributed by atoms with Crippen LogP contribution in [0.1, 0.15) is 130 Å². The van der Waals surface area contributed by atoms with Gasteiger partial charge in [-0.25, -0.2) is 0 Å². The van der Waals surface area contributed by atoms with Gasteiger partial charge in [-0.2, -0.15) is 0 Å². The van der Waals surface area contributed by atoms with Gasteiger partial charge in [0.05, 0.1) is 29.7 Å². The number of carbonyl (C=O) groups excluding carboxylic acids is 1. The van der Waals surface area contributed by atoms with Crippen molar-refractivity contribution in [2.45, 2.75) is 166 Å². The Kier molecular flexibility index (Phi) is 9.01. The number of nitrogens with one attached hydrogen (secondary N) is 1. The van der Waals surface area contributed by atoms with Gasteiger partial charge in [0, 0.05) is 29.9 Å². The van der Waals surface area contributed by atoms with Crippen LogP contribution >= 0.6 is 0 Å². The molecule has 9 heteroatoms. The van der Waals surface area contributed by atoms with Crippen LogP contribution in [-0.4, -0.2) is 81.1 Å². The minimum atomic E-state index is -1.34. The summed E-state index contributed by atoms with van der Waals surface area (Å²) in [6, 6.07) is 0. The molecule has 54 heavy (non-hydrogen) atoms. The smallest absolute Gasteiger partial charge is 0.162 e. The highest BCUT2D eigenvalue weighted by molar-refractivity contribution is 6.00. The van der Waals surface area contributed by atoms with E-state index in [4.69, 9.17) is 15.2 Å². The number of nitrogens with two attached hydrogens (primary N) is 1. The molecule has 0 spiro atoms. The summed E-state index contributed by atoms with van der Waals surface area (Å²) in [6.45, 7) is 9.53. The first kappa shape index (κ1) is 37.8. The maximum atomic E-state index is 14.9. The molecule has 2 saturated heterocycles. The molecule has 0 aromatic rings. The summed E-state index contributed by atoms with van der Waals surface area (Å²) in [4.78, 5) is 14.9. The first-order valence-electron chi connectivity index (χ1n) is 21.9. The van der Waals surface area contributed by atoms with E-state index in [1.54, 1.807) is 0 Å². The van der Waals surface area contributed by atoms with Crippen LogP contribution in [0.3, 0.4) is 0 Å². The van der Waals surface area contributed by atoms with Crippen molar-refractivity contribution >= 4 is 5.78 Å². The van der Waals surface area contributed by atoms with Gasteiger partial charge >= 0.3 is 0 Å². The van der Waals surface area contributed by atoms with E-state index < -0.39 is 39.8 Å². The molecule has 3 aliphatic heterocycles. The quantitative estimate of drug-likeness (QED) is 0.165. The summed E-state index contributed by atoms with van der Waals surface area (Å²) < 4.78 is 13.9. The molecule has 7 N–H and O–H groups in total. The maximum absolute atomic E-state index is 14.9. The number of allylic oxidation sites excluding steroid dienone is 3. The van der Waals surface area contributed by atoms with Crippen LogP contribution in [0.5, 0.6) is 0 Å².